The lowest BCUT2D eigenvalue weighted by Gasteiger charge is -2.07. The number of nitrogens with one attached hydrogen (secondary N) is 1. The van der Waals surface area contributed by atoms with E-state index in [-0.39, 0.29) is 0 Å². The summed E-state index contributed by atoms with van der Waals surface area (Å²) in [6.45, 7) is 3.27. The minimum Gasteiger partial charge on any atom is -0.384 e. The molecular formula is C11H17BrN2. The lowest BCUT2D eigenvalue weighted by atomic mass is 10.2. The molecule has 0 spiro atoms. The molecule has 0 bridgehead atoms. The molecule has 0 atom stereocenters. The molecule has 0 saturated heterocycles. The zero-order valence-corrected chi connectivity index (χ0v) is 10.2. The Morgan fingerprint density at radius 2 is 2.21 bits per heavy atom. The fourth-order valence-electron chi connectivity index (χ4n) is 1.29. The summed E-state index contributed by atoms with van der Waals surface area (Å²) in [5, 5.41) is 3.38. The number of nitrogens with zero attached hydrogens (tertiary/aromatic N) is 1. The first-order chi connectivity index (χ1) is 6.84. The van der Waals surface area contributed by atoms with Crippen LogP contribution < -0.4 is 5.32 Å². The van der Waals surface area contributed by atoms with E-state index in [1.807, 2.05) is 12.3 Å². The normalized spacial score (nSPS) is 10.1. The highest BCUT2D eigenvalue weighted by atomic mass is 79.9. The molecule has 0 unspecified atom stereocenters. The van der Waals surface area contributed by atoms with Gasteiger partial charge in [-0.05, 0) is 28.4 Å². The molecule has 1 heterocycles. The van der Waals surface area contributed by atoms with Crippen LogP contribution in [0.4, 0.5) is 5.69 Å². The number of unbranched alkanes of at least 4 members (excludes halogenated alkanes) is 3. The van der Waals surface area contributed by atoms with E-state index in [2.05, 4.69) is 33.2 Å². The summed E-state index contributed by atoms with van der Waals surface area (Å²) in [5.41, 5.74) is 1.14. The van der Waals surface area contributed by atoms with E-state index in [0.717, 1.165) is 16.7 Å². The van der Waals surface area contributed by atoms with Gasteiger partial charge in [-0.3, -0.25) is 4.98 Å². The maximum absolute atomic E-state index is 4.02. The Bertz CT molecular complexity index is 263. The van der Waals surface area contributed by atoms with Crippen LogP contribution in [0.5, 0.6) is 0 Å². The average Bonchev–Trinajstić information content (AvgIpc) is 2.20. The van der Waals surface area contributed by atoms with Crippen molar-refractivity contribution in [3.05, 3.63) is 22.9 Å². The van der Waals surface area contributed by atoms with E-state index in [4.69, 9.17) is 0 Å². The molecular weight excluding hydrogens is 240 g/mol. The van der Waals surface area contributed by atoms with Crippen molar-refractivity contribution in [1.29, 1.82) is 0 Å². The molecule has 78 valence electrons. The molecule has 1 aromatic rings. The molecule has 0 aliphatic rings. The van der Waals surface area contributed by atoms with Gasteiger partial charge in [-0.2, -0.15) is 0 Å². The highest BCUT2D eigenvalue weighted by Crippen LogP contribution is 2.19. The third-order valence-corrected chi connectivity index (χ3v) is 2.75. The van der Waals surface area contributed by atoms with Crippen molar-refractivity contribution in [2.75, 3.05) is 11.9 Å². The first-order valence-electron chi connectivity index (χ1n) is 5.18. The molecule has 0 amide bonds. The van der Waals surface area contributed by atoms with Gasteiger partial charge in [0, 0.05) is 18.9 Å². The molecule has 1 N–H and O–H groups in total. The van der Waals surface area contributed by atoms with Crippen molar-refractivity contribution in [2.24, 2.45) is 0 Å². The summed E-state index contributed by atoms with van der Waals surface area (Å²) < 4.78 is 1.04. The Balaban J connectivity index is 2.21. The first kappa shape index (κ1) is 11.5. The fraction of sp³-hybridized carbons (Fsp3) is 0.545. The maximum Gasteiger partial charge on any atom is 0.0590 e. The average molecular weight is 257 g/mol. The topological polar surface area (TPSA) is 24.9 Å². The van der Waals surface area contributed by atoms with Crippen LogP contribution >= 0.6 is 15.9 Å². The van der Waals surface area contributed by atoms with Crippen LogP contribution in [-0.4, -0.2) is 11.5 Å². The highest BCUT2D eigenvalue weighted by Gasteiger charge is 1.96. The monoisotopic (exact) mass is 256 g/mol. The molecule has 14 heavy (non-hydrogen) atoms. The molecule has 0 aromatic carbocycles. The fourth-order valence-corrected chi connectivity index (χ4v) is 1.68. The Hall–Kier alpha value is -0.570. The van der Waals surface area contributed by atoms with Crippen LogP contribution in [0.2, 0.25) is 0 Å². The quantitative estimate of drug-likeness (QED) is 0.783. The Morgan fingerprint density at radius 3 is 2.93 bits per heavy atom. The van der Waals surface area contributed by atoms with Crippen molar-refractivity contribution in [3.63, 3.8) is 0 Å². The molecule has 0 aliphatic carbocycles. The Morgan fingerprint density at radius 1 is 1.36 bits per heavy atom. The second kappa shape index (κ2) is 6.82. The zero-order chi connectivity index (χ0) is 10.2. The van der Waals surface area contributed by atoms with Crippen LogP contribution in [0, 0.1) is 0 Å². The molecule has 0 saturated carbocycles. The number of rotatable bonds is 6. The van der Waals surface area contributed by atoms with E-state index >= 15 is 0 Å². The second-order valence-electron chi connectivity index (χ2n) is 3.34. The lowest BCUT2D eigenvalue weighted by Crippen LogP contribution is -2.01. The number of halogens is 1. The van der Waals surface area contributed by atoms with E-state index in [1.165, 1.54) is 25.7 Å². The minimum absolute atomic E-state index is 1.04. The van der Waals surface area contributed by atoms with Crippen molar-refractivity contribution < 1.29 is 0 Å². The molecule has 2 nitrogen and oxygen atoms in total. The molecule has 0 radical (unpaired) electrons. The number of pyridine rings is 1. The zero-order valence-electron chi connectivity index (χ0n) is 8.59. The van der Waals surface area contributed by atoms with Gasteiger partial charge in [0.05, 0.1) is 10.2 Å². The summed E-state index contributed by atoms with van der Waals surface area (Å²) in [5.74, 6) is 0. The summed E-state index contributed by atoms with van der Waals surface area (Å²) in [4.78, 5) is 4.02. The molecule has 1 rings (SSSR count). The summed E-state index contributed by atoms with van der Waals surface area (Å²) in [6.07, 6.45) is 8.79. The number of hydrogen-bond acceptors (Lipinski definition) is 2. The Kier molecular flexibility index (Phi) is 5.60. The van der Waals surface area contributed by atoms with Crippen molar-refractivity contribution >= 4 is 21.6 Å². The van der Waals surface area contributed by atoms with Crippen molar-refractivity contribution in [1.82, 2.24) is 4.98 Å². The minimum atomic E-state index is 1.04. The standard InChI is InChI=1S/C11H17BrN2/c1-2-3-4-5-7-14-11-6-8-13-9-10(11)12/h6,8-9H,2-5,7H2,1H3,(H,13,14). The summed E-state index contributed by atoms with van der Waals surface area (Å²) >= 11 is 3.45. The SMILES string of the molecule is CCCCCCNc1ccncc1Br. The Labute approximate surface area is 94.3 Å². The maximum atomic E-state index is 4.02. The van der Waals surface area contributed by atoms with Gasteiger partial charge in [0.2, 0.25) is 0 Å². The first-order valence-corrected chi connectivity index (χ1v) is 5.97. The molecule has 0 fully saturated rings. The van der Waals surface area contributed by atoms with Gasteiger partial charge in [-0.15, -0.1) is 0 Å². The van der Waals surface area contributed by atoms with Crippen LogP contribution in [0.3, 0.4) is 0 Å². The van der Waals surface area contributed by atoms with E-state index in [9.17, 15) is 0 Å². The number of anilines is 1. The van der Waals surface area contributed by atoms with Crippen LogP contribution in [0.15, 0.2) is 22.9 Å². The number of hydrogen-bond donors (Lipinski definition) is 1. The van der Waals surface area contributed by atoms with Gasteiger partial charge in [0.1, 0.15) is 0 Å². The third-order valence-electron chi connectivity index (χ3n) is 2.12. The van der Waals surface area contributed by atoms with Gasteiger partial charge in [0.15, 0.2) is 0 Å². The predicted octanol–water partition coefficient (Wildman–Crippen LogP) is 3.84. The number of aromatic nitrogens is 1. The smallest absolute Gasteiger partial charge is 0.0590 e. The highest BCUT2D eigenvalue weighted by molar-refractivity contribution is 9.10. The van der Waals surface area contributed by atoms with Crippen LogP contribution in [-0.2, 0) is 0 Å². The molecule has 0 aliphatic heterocycles. The van der Waals surface area contributed by atoms with Crippen LogP contribution in [0.25, 0.3) is 0 Å². The summed E-state index contributed by atoms with van der Waals surface area (Å²) in [7, 11) is 0. The van der Waals surface area contributed by atoms with Gasteiger partial charge in [-0.1, -0.05) is 26.2 Å². The van der Waals surface area contributed by atoms with E-state index in [0.29, 0.717) is 0 Å². The lowest BCUT2D eigenvalue weighted by molar-refractivity contribution is 0.685. The second-order valence-corrected chi connectivity index (χ2v) is 4.20. The van der Waals surface area contributed by atoms with Gasteiger partial charge < -0.3 is 5.32 Å². The largest absolute Gasteiger partial charge is 0.384 e. The predicted molar refractivity (Wildman–Crippen MR) is 64.6 cm³/mol. The molecule has 3 heteroatoms. The van der Waals surface area contributed by atoms with Crippen LogP contribution in [0.1, 0.15) is 32.6 Å². The molecule has 1 aromatic heterocycles. The summed E-state index contributed by atoms with van der Waals surface area (Å²) in [6, 6.07) is 1.99. The van der Waals surface area contributed by atoms with Crippen molar-refractivity contribution in [2.45, 2.75) is 32.6 Å². The third kappa shape index (κ3) is 4.09. The van der Waals surface area contributed by atoms with E-state index in [1.54, 1.807) is 6.20 Å². The van der Waals surface area contributed by atoms with Crippen molar-refractivity contribution in [3.8, 4) is 0 Å². The van der Waals surface area contributed by atoms with Gasteiger partial charge >= 0.3 is 0 Å². The van der Waals surface area contributed by atoms with Gasteiger partial charge in [0.25, 0.3) is 0 Å². The van der Waals surface area contributed by atoms with Gasteiger partial charge in [-0.25, -0.2) is 0 Å². The van der Waals surface area contributed by atoms with E-state index < -0.39 is 0 Å².